The van der Waals surface area contributed by atoms with Crippen LogP contribution in [-0.2, 0) is 19.2 Å². The molecule has 8 atom stereocenters. The summed E-state index contributed by atoms with van der Waals surface area (Å²) in [5.74, 6) is -2.06. The highest BCUT2D eigenvalue weighted by molar-refractivity contribution is 8.03. The van der Waals surface area contributed by atoms with Crippen LogP contribution in [0.1, 0.15) is 39.5 Å². The van der Waals surface area contributed by atoms with Gasteiger partial charge in [-0.3, -0.25) is 14.4 Å². The standard InChI is InChI=1S/C24H36N6O5S/c1-11-18-17(12(2)28-21(31)15-4-3-6-26-15)23(33)30(18)19(24(34)35)20(11)36-14-8-16(27-9-14)22(32)29-7-5-13(25)10-29/h11-18,26-27H,3-10,25H2,1-2H3,(H,28,31)(H,34,35)/t11-,12-,13-,14+,15+,16+,17-,18-/m1/s1. The van der Waals surface area contributed by atoms with E-state index in [1.807, 2.05) is 18.7 Å². The van der Waals surface area contributed by atoms with Gasteiger partial charge in [0, 0.05) is 47.8 Å². The molecule has 3 amide bonds. The van der Waals surface area contributed by atoms with E-state index in [1.165, 1.54) is 16.7 Å². The molecule has 0 aromatic rings. The minimum Gasteiger partial charge on any atom is -0.477 e. The van der Waals surface area contributed by atoms with Crippen molar-refractivity contribution < 1.29 is 24.3 Å². The molecule has 36 heavy (non-hydrogen) atoms. The third kappa shape index (κ3) is 4.42. The molecule has 0 saturated carbocycles. The predicted molar refractivity (Wildman–Crippen MR) is 134 cm³/mol. The number of nitrogens with zero attached hydrogens (tertiary/aromatic N) is 2. The minimum absolute atomic E-state index is 0.0275. The number of rotatable bonds is 7. The number of likely N-dealkylation sites (tertiary alicyclic amines) is 1. The Bertz CT molecular complexity index is 984. The van der Waals surface area contributed by atoms with Crippen LogP contribution in [0.4, 0.5) is 0 Å². The van der Waals surface area contributed by atoms with Crippen LogP contribution in [0, 0.1) is 11.8 Å². The summed E-state index contributed by atoms with van der Waals surface area (Å²) in [6, 6.07) is -1.20. The van der Waals surface area contributed by atoms with Gasteiger partial charge in [0.15, 0.2) is 0 Å². The lowest BCUT2D eigenvalue weighted by Crippen LogP contribution is -2.66. The van der Waals surface area contributed by atoms with Gasteiger partial charge in [0.2, 0.25) is 17.7 Å². The first-order valence-corrected chi connectivity index (χ1v) is 13.8. The third-order valence-corrected chi connectivity index (χ3v) is 9.81. The second kappa shape index (κ2) is 9.96. The summed E-state index contributed by atoms with van der Waals surface area (Å²) in [4.78, 5) is 54.7. The molecule has 5 rings (SSSR count). The molecular weight excluding hydrogens is 484 g/mol. The van der Waals surface area contributed by atoms with Crippen LogP contribution in [0.25, 0.3) is 0 Å². The van der Waals surface area contributed by atoms with Crippen LogP contribution < -0.4 is 21.7 Å². The maximum absolute atomic E-state index is 13.1. The molecule has 0 aliphatic carbocycles. The Morgan fingerprint density at radius 2 is 2.00 bits per heavy atom. The first kappa shape index (κ1) is 25.5. The van der Waals surface area contributed by atoms with E-state index in [2.05, 4.69) is 16.0 Å². The Hall–Kier alpha value is -2.15. The van der Waals surface area contributed by atoms with Crippen molar-refractivity contribution in [3.05, 3.63) is 10.6 Å². The number of amides is 3. The third-order valence-electron chi connectivity index (χ3n) is 8.30. The molecule has 5 aliphatic heterocycles. The molecular formula is C24H36N6O5S. The first-order chi connectivity index (χ1) is 17.2. The molecule has 198 valence electrons. The van der Waals surface area contributed by atoms with E-state index in [1.54, 1.807) is 0 Å². The number of β-lactam (4-membered cyclic amide) rings is 1. The number of nitrogens with one attached hydrogen (secondary N) is 3. The van der Waals surface area contributed by atoms with E-state index < -0.39 is 17.9 Å². The van der Waals surface area contributed by atoms with E-state index >= 15 is 0 Å². The van der Waals surface area contributed by atoms with Gasteiger partial charge in [-0.15, -0.1) is 11.8 Å². The van der Waals surface area contributed by atoms with Crippen molar-refractivity contribution in [2.24, 2.45) is 17.6 Å². The predicted octanol–water partition coefficient (Wildman–Crippen LogP) is -0.961. The molecule has 12 heteroatoms. The minimum atomic E-state index is -1.12. The molecule has 5 aliphatic rings. The fourth-order valence-electron chi connectivity index (χ4n) is 6.39. The lowest BCUT2D eigenvalue weighted by atomic mass is 9.78. The number of carboxylic acids is 1. The van der Waals surface area contributed by atoms with E-state index in [0.29, 0.717) is 31.0 Å². The van der Waals surface area contributed by atoms with E-state index in [0.717, 1.165) is 25.8 Å². The second-order valence-corrected chi connectivity index (χ2v) is 12.1. The summed E-state index contributed by atoms with van der Waals surface area (Å²) in [6.07, 6.45) is 3.13. The Labute approximate surface area is 214 Å². The molecule has 0 radical (unpaired) electrons. The molecule has 4 fully saturated rings. The highest BCUT2D eigenvalue weighted by Crippen LogP contribution is 2.51. The normalized spacial score (nSPS) is 36.8. The number of carbonyl (C=O) groups excluding carboxylic acids is 3. The fraction of sp³-hybridized carbons (Fsp3) is 0.750. The lowest BCUT2D eigenvalue weighted by molar-refractivity contribution is -0.158. The molecule has 0 bridgehead atoms. The van der Waals surface area contributed by atoms with Gasteiger partial charge in [-0.05, 0) is 39.2 Å². The van der Waals surface area contributed by atoms with Crippen LogP contribution >= 0.6 is 11.8 Å². The SMILES string of the molecule is C[C@@H](NC(=O)[C@@H]1CCCN1)[C@H]1C(=O)N2C(C(=O)O)=C(S[C@@H]3CN[C@H](C(=O)N4CC[C@@H](N)C4)C3)[C@H](C)[C@H]12. The van der Waals surface area contributed by atoms with Crippen LogP contribution in [0.5, 0.6) is 0 Å². The van der Waals surface area contributed by atoms with Crippen LogP contribution in [0.2, 0.25) is 0 Å². The van der Waals surface area contributed by atoms with Crippen molar-refractivity contribution in [1.82, 2.24) is 25.8 Å². The van der Waals surface area contributed by atoms with Crippen LogP contribution in [-0.4, -0.2) is 100 Å². The zero-order valence-electron chi connectivity index (χ0n) is 20.7. The number of aliphatic carboxylic acids is 1. The zero-order valence-corrected chi connectivity index (χ0v) is 21.6. The molecule has 11 nitrogen and oxygen atoms in total. The molecule has 0 spiro atoms. The van der Waals surface area contributed by atoms with Gasteiger partial charge in [0.1, 0.15) is 5.70 Å². The summed E-state index contributed by atoms with van der Waals surface area (Å²) in [6.45, 7) is 6.43. The highest BCUT2D eigenvalue weighted by Gasteiger charge is 2.60. The smallest absolute Gasteiger partial charge is 0.353 e. The number of thioether (sulfide) groups is 1. The van der Waals surface area contributed by atoms with Gasteiger partial charge in [-0.2, -0.15) is 0 Å². The average molecular weight is 521 g/mol. The molecule has 5 heterocycles. The Morgan fingerprint density at radius 1 is 1.22 bits per heavy atom. The van der Waals surface area contributed by atoms with Gasteiger partial charge in [0.05, 0.1) is 24.0 Å². The maximum atomic E-state index is 13.1. The van der Waals surface area contributed by atoms with E-state index in [4.69, 9.17) is 5.73 Å². The molecule has 0 aromatic heterocycles. The Balaban J connectivity index is 1.24. The maximum Gasteiger partial charge on any atom is 0.353 e. The fourth-order valence-corrected chi connectivity index (χ4v) is 7.87. The topological polar surface area (TPSA) is 157 Å². The van der Waals surface area contributed by atoms with E-state index in [9.17, 15) is 24.3 Å². The number of fused-ring (bicyclic) bond motifs is 1. The van der Waals surface area contributed by atoms with Crippen LogP contribution in [0.15, 0.2) is 10.6 Å². The summed E-state index contributed by atoms with van der Waals surface area (Å²) < 4.78 is 0. The lowest BCUT2D eigenvalue weighted by Gasteiger charge is -2.47. The Morgan fingerprint density at radius 3 is 2.64 bits per heavy atom. The summed E-state index contributed by atoms with van der Waals surface area (Å²) in [7, 11) is 0. The summed E-state index contributed by atoms with van der Waals surface area (Å²) in [5.41, 5.74) is 6.00. The van der Waals surface area contributed by atoms with E-state index in [-0.39, 0.29) is 58.8 Å². The van der Waals surface area contributed by atoms with Gasteiger partial charge in [-0.25, -0.2) is 4.79 Å². The van der Waals surface area contributed by atoms with Gasteiger partial charge >= 0.3 is 5.97 Å². The second-order valence-electron chi connectivity index (χ2n) is 10.7. The van der Waals surface area contributed by atoms with Crippen molar-refractivity contribution in [3.8, 4) is 0 Å². The quantitative estimate of drug-likeness (QED) is 0.267. The number of nitrogens with two attached hydrogens (primary N) is 1. The number of carbonyl (C=O) groups is 4. The van der Waals surface area contributed by atoms with Gasteiger partial charge in [-0.1, -0.05) is 6.92 Å². The number of hydrogen-bond donors (Lipinski definition) is 5. The average Bonchev–Trinajstić information content (AvgIpc) is 3.62. The van der Waals surface area contributed by atoms with Crippen LogP contribution in [0.3, 0.4) is 0 Å². The summed E-state index contributed by atoms with van der Waals surface area (Å²) in [5, 5.41) is 19.5. The largest absolute Gasteiger partial charge is 0.477 e. The molecule has 0 aromatic carbocycles. The van der Waals surface area contributed by atoms with Crippen molar-refractivity contribution in [2.75, 3.05) is 26.2 Å². The first-order valence-electron chi connectivity index (χ1n) is 13.0. The monoisotopic (exact) mass is 520 g/mol. The van der Waals surface area contributed by atoms with Crippen molar-refractivity contribution in [1.29, 1.82) is 0 Å². The highest BCUT2D eigenvalue weighted by atomic mass is 32.2. The zero-order chi connectivity index (χ0) is 25.7. The molecule has 0 unspecified atom stereocenters. The van der Waals surface area contributed by atoms with Crippen molar-refractivity contribution in [3.63, 3.8) is 0 Å². The summed E-state index contributed by atoms with van der Waals surface area (Å²) >= 11 is 1.47. The number of hydrogen-bond acceptors (Lipinski definition) is 8. The molecule has 6 N–H and O–H groups in total. The number of carboxylic acid groups (broad SMARTS) is 1. The van der Waals surface area contributed by atoms with Gasteiger partial charge in [0.25, 0.3) is 0 Å². The Kier molecular flexibility index (Phi) is 7.05. The van der Waals surface area contributed by atoms with Crippen molar-refractivity contribution in [2.45, 2.75) is 75.0 Å². The van der Waals surface area contributed by atoms with Gasteiger partial charge < -0.3 is 36.6 Å². The molecule has 4 saturated heterocycles. The van der Waals surface area contributed by atoms with Crippen molar-refractivity contribution >= 4 is 35.5 Å².